The summed E-state index contributed by atoms with van der Waals surface area (Å²) in [7, 11) is 0. The number of thioether (sulfide) groups is 2. The number of carboxylic acid groups (broad SMARTS) is 1. The Morgan fingerprint density at radius 3 is 2.05 bits per heavy atom. The topological polar surface area (TPSA) is 40.5 Å². The molecule has 0 aliphatic heterocycles. The Hall–Kier alpha value is -0.810. The van der Waals surface area contributed by atoms with E-state index in [-0.39, 0.29) is 6.42 Å². The second-order valence-corrected chi connectivity index (χ2v) is 6.18. The molecule has 0 aliphatic rings. The second-order valence-electron chi connectivity index (χ2n) is 4.21. The molecule has 0 aromatic heterocycles. The second kappa shape index (κ2) is 9.15. The molecule has 0 atom stereocenters. The minimum Gasteiger partial charge on any atom is -0.481 e. The summed E-state index contributed by atoms with van der Waals surface area (Å²) in [4.78, 5) is 13.0. The predicted octanol–water partition coefficient (Wildman–Crippen LogP) is 2.85. The van der Waals surface area contributed by atoms with E-state index in [0.717, 1.165) is 30.2 Å². The molecule has 0 amide bonds. The fourth-order valence-corrected chi connectivity index (χ4v) is 2.58. The molecule has 1 aromatic rings. The Labute approximate surface area is 123 Å². The van der Waals surface area contributed by atoms with Crippen LogP contribution in [-0.2, 0) is 11.2 Å². The van der Waals surface area contributed by atoms with Crippen LogP contribution in [0.5, 0.6) is 0 Å². The van der Waals surface area contributed by atoms with E-state index in [1.165, 1.54) is 5.69 Å². The zero-order valence-corrected chi connectivity index (χ0v) is 13.1. The first-order valence-electron chi connectivity index (χ1n) is 6.21. The van der Waals surface area contributed by atoms with Gasteiger partial charge >= 0.3 is 5.97 Å². The highest BCUT2D eigenvalue weighted by atomic mass is 32.2. The van der Waals surface area contributed by atoms with Gasteiger partial charge < -0.3 is 10.0 Å². The molecule has 5 heteroatoms. The largest absolute Gasteiger partial charge is 0.481 e. The average Bonchev–Trinajstić information content (AvgIpc) is 2.39. The van der Waals surface area contributed by atoms with E-state index < -0.39 is 5.97 Å². The molecule has 0 heterocycles. The van der Waals surface area contributed by atoms with E-state index in [4.69, 9.17) is 5.11 Å². The van der Waals surface area contributed by atoms with Crippen LogP contribution in [0.3, 0.4) is 0 Å². The number of hydrogen-bond acceptors (Lipinski definition) is 4. The number of carbonyl (C=O) groups is 1. The van der Waals surface area contributed by atoms with Crippen molar-refractivity contribution in [3.05, 3.63) is 29.8 Å². The summed E-state index contributed by atoms with van der Waals surface area (Å²) in [5, 5.41) is 8.76. The van der Waals surface area contributed by atoms with Gasteiger partial charge in [-0.1, -0.05) is 12.1 Å². The van der Waals surface area contributed by atoms with Gasteiger partial charge in [-0.15, -0.1) is 0 Å². The van der Waals surface area contributed by atoms with Crippen LogP contribution in [0.2, 0.25) is 0 Å². The third-order valence-corrected chi connectivity index (χ3v) is 3.97. The number of carboxylic acids is 1. The van der Waals surface area contributed by atoms with Gasteiger partial charge in [0.25, 0.3) is 0 Å². The normalized spacial score (nSPS) is 10.4. The van der Waals surface area contributed by atoms with Crippen molar-refractivity contribution in [1.29, 1.82) is 0 Å². The Bertz CT molecular complexity index is 374. The summed E-state index contributed by atoms with van der Waals surface area (Å²) < 4.78 is 0. The third-order valence-electron chi connectivity index (χ3n) is 2.79. The lowest BCUT2D eigenvalue weighted by molar-refractivity contribution is -0.136. The number of nitrogens with zero attached hydrogens (tertiary/aromatic N) is 1. The Kier molecular flexibility index (Phi) is 7.82. The van der Waals surface area contributed by atoms with Crippen LogP contribution in [-0.4, -0.2) is 48.2 Å². The van der Waals surface area contributed by atoms with E-state index in [0.29, 0.717) is 0 Å². The summed E-state index contributed by atoms with van der Waals surface area (Å²) in [6.07, 6.45) is 4.32. The van der Waals surface area contributed by atoms with E-state index in [9.17, 15) is 4.79 Å². The maximum absolute atomic E-state index is 10.7. The molecule has 19 heavy (non-hydrogen) atoms. The Morgan fingerprint density at radius 1 is 1.11 bits per heavy atom. The van der Waals surface area contributed by atoms with Crippen molar-refractivity contribution >= 4 is 35.2 Å². The highest BCUT2D eigenvalue weighted by molar-refractivity contribution is 7.98. The van der Waals surface area contributed by atoms with Crippen molar-refractivity contribution in [3.8, 4) is 0 Å². The molecule has 0 fully saturated rings. The molecule has 1 aromatic carbocycles. The summed E-state index contributed by atoms with van der Waals surface area (Å²) in [5.74, 6) is 1.42. The van der Waals surface area contributed by atoms with Crippen molar-refractivity contribution in [3.63, 3.8) is 0 Å². The molecule has 1 rings (SSSR count). The smallest absolute Gasteiger partial charge is 0.307 e. The molecule has 1 N–H and O–H groups in total. The third kappa shape index (κ3) is 6.25. The summed E-state index contributed by atoms with van der Waals surface area (Å²) in [6.45, 7) is 2.06. The molecule has 0 radical (unpaired) electrons. The predicted molar refractivity (Wildman–Crippen MR) is 86.8 cm³/mol. The quantitative estimate of drug-likeness (QED) is 0.759. The van der Waals surface area contributed by atoms with Gasteiger partial charge in [-0.3, -0.25) is 4.79 Å². The summed E-state index contributed by atoms with van der Waals surface area (Å²) in [6, 6.07) is 7.88. The van der Waals surface area contributed by atoms with Crippen LogP contribution >= 0.6 is 23.5 Å². The van der Waals surface area contributed by atoms with Gasteiger partial charge in [0.1, 0.15) is 0 Å². The van der Waals surface area contributed by atoms with Gasteiger partial charge in [-0.25, -0.2) is 0 Å². The van der Waals surface area contributed by atoms with Gasteiger partial charge in [-0.2, -0.15) is 23.5 Å². The molecule has 0 unspecified atom stereocenters. The van der Waals surface area contributed by atoms with Gasteiger partial charge in [0, 0.05) is 30.3 Å². The number of rotatable bonds is 9. The molecule has 3 nitrogen and oxygen atoms in total. The van der Waals surface area contributed by atoms with Gasteiger partial charge in [-0.05, 0) is 30.2 Å². The Balaban J connectivity index is 2.68. The zero-order chi connectivity index (χ0) is 14.1. The van der Waals surface area contributed by atoms with E-state index in [1.807, 2.05) is 47.8 Å². The average molecular weight is 299 g/mol. The molecule has 0 spiro atoms. The standard InChI is InChI=1S/C14H21NO2S2/c1-18-9-7-15(8-10-19-2)13-5-3-12(4-6-13)11-14(16)17/h3-6H,7-11H2,1-2H3,(H,16,17). The number of hydrogen-bond donors (Lipinski definition) is 1. The first-order chi connectivity index (χ1) is 9.17. The first-order valence-corrected chi connectivity index (χ1v) is 8.99. The summed E-state index contributed by atoms with van der Waals surface area (Å²) in [5.41, 5.74) is 2.03. The van der Waals surface area contributed by atoms with Crippen LogP contribution in [0.15, 0.2) is 24.3 Å². The number of benzene rings is 1. The molecule has 106 valence electrons. The van der Waals surface area contributed by atoms with E-state index in [1.54, 1.807) is 0 Å². The van der Waals surface area contributed by atoms with Crippen LogP contribution in [0.4, 0.5) is 5.69 Å². The molecule has 0 aliphatic carbocycles. The maximum atomic E-state index is 10.7. The van der Waals surface area contributed by atoms with Gasteiger partial charge in [0.15, 0.2) is 0 Å². The number of aliphatic carboxylic acids is 1. The highest BCUT2D eigenvalue weighted by Crippen LogP contribution is 2.17. The molecule has 0 saturated heterocycles. The van der Waals surface area contributed by atoms with E-state index in [2.05, 4.69) is 17.4 Å². The minimum absolute atomic E-state index is 0.0932. The van der Waals surface area contributed by atoms with Crippen molar-refractivity contribution in [2.24, 2.45) is 0 Å². The first kappa shape index (κ1) is 16.2. The highest BCUT2D eigenvalue weighted by Gasteiger charge is 2.06. The van der Waals surface area contributed by atoms with Gasteiger partial charge in [0.2, 0.25) is 0 Å². The summed E-state index contributed by atoms with van der Waals surface area (Å²) >= 11 is 3.69. The van der Waals surface area contributed by atoms with Crippen LogP contribution in [0.1, 0.15) is 5.56 Å². The molecule has 0 saturated carbocycles. The fourth-order valence-electron chi connectivity index (χ4n) is 1.77. The molecular weight excluding hydrogens is 278 g/mol. The van der Waals surface area contributed by atoms with Crippen LogP contribution in [0.25, 0.3) is 0 Å². The lowest BCUT2D eigenvalue weighted by atomic mass is 10.1. The van der Waals surface area contributed by atoms with Crippen LogP contribution in [0, 0.1) is 0 Å². The Morgan fingerprint density at radius 2 is 1.63 bits per heavy atom. The molecular formula is C14H21NO2S2. The van der Waals surface area contributed by atoms with Crippen LogP contribution < -0.4 is 4.90 Å². The van der Waals surface area contributed by atoms with Gasteiger partial charge in [0.05, 0.1) is 6.42 Å². The SMILES string of the molecule is CSCCN(CCSC)c1ccc(CC(=O)O)cc1. The van der Waals surface area contributed by atoms with Crippen molar-refractivity contribution in [1.82, 2.24) is 0 Å². The zero-order valence-electron chi connectivity index (χ0n) is 11.5. The number of anilines is 1. The van der Waals surface area contributed by atoms with Crippen molar-refractivity contribution in [2.75, 3.05) is 42.0 Å². The maximum Gasteiger partial charge on any atom is 0.307 e. The molecule has 0 bridgehead atoms. The monoisotopic (exact) mass is 299 g/mol. The minimum atomic E-state index is -0.783. The lowest BCUT2D eigenvalue weighted by Gasteiger charge is -2.24. The fraction of sp³-hybridized carbons (Fsp3) is 0.500. The lowest BCUT2D eigenvalue weighted by Crippen LogP contribution is -2.28. The van der Waals surface area contributed by atoms with E-state index >= 15 is 0 Å². The van der Waals surface area contributed by atoms with Crippen molar-refractivity contribution < 1.29 is 9.90 Å². The van der Waals surface area contributed by atoms with Crippen molar-refractivity contribution in [2.45, 2.75) is 6.42 Å².